The molecule has 7 heteroatoms. The molecular formula is C20H16ClN3O2S. The van der Waals surface area contributed by atoms with E-state index in [4.69, 9.17) is 11.6 Å². The van der Waals surface area contributed by atoms with Gasteiger partial charge >= 0.3 is 0 Å². The molecule has 0 saturated carbocycles. The van der Waals surface area contributed by atoms with Crippen molar-refractivity contribution in [2.45, 2.75) is 20.8 Å². The molecule has 5 nitrogen and oxygen atoms in total. The van der Waals surface area contributed by atoms with E-state index in [-0.39, 0.29) is 11.5 Å². The second kappa shape index (κ2) is 6.48. The van der Waals surface area contributed by atoms with Crippen molar-refractivity contribution in [3.8, 4) is 0 Å². The van der Waals surface area contributed by atoms with Gasteiger partial charge < -0.3 is 5.32 Å². The smallest absolute Gasteiger partial charge is 0.266 e. The first-order chi connectivity index (χ1) is 12.8. The Morgan fingerprint density at radius 1 is 1.15 bits per heavy atom. The molecule has 4 rings (SSSR count). The van der Waals surface area contributed by atoms with Crippen LogP contribution in [0.5, 0.6) is 0 Å². The molecule has 0 aliphatic carbocycles. The zero-order valence-electron chi connectivity index (χ0n) is 15.0. The zero-order valence-corrected chi connectivity index (χ0v) is 16.5. The van der Waals surface area contributed by atoms with Crippen LogP contribution >= 0.6 is 22.9 Å². The second-order valence-corrected chi connectivity index (χ2v) is 7.89. The number of aromatic nitrogens is 2. The molecular weight excluding hydrogens is 382 g/mol. The van der Waals surface area contributed by atoms with Crippen molar-refractivity contribution in [2.75, 3.05) is 5.32 Å². The van der Waals surface area contributed by atoms with Crippen molar-refractivity contribution in [3.05, 3.63) is 73.3 Å². The molecule has 0 spiro atoms. The minimum atomic E-state index is -0.357. The molecule has 0 aliphatic heterocycles. The largest absolute Gasteiger partial charge is 0.321 e. The van der Waals surface area contributed by atoms with Gasteiger partial charge in [0.1, 0.15) is 4.88 Å². The molecule has 1 N–H and O–H groups in total. The highest BCUT2D eigenvalue weighted by atomic mass is 35.5. The molecule has 0 unspecified atom stereocenters. The average molecular weight is 398 g/mol. The lowest BCUT2D eigenvalue weighted by Gasteiger charge is -2.09. The summed E-state index contributed by atoms with van der Waals surface area (Å²) in [5.74, 6) is -0.357. The summed E-state index contributed by atoms with van der Waals surface area (Å²) in [6.45, 7) is 5.83. The predicted molar refractivity (Wildman–Crippen MR) is 110 cm³/mol. The molecule has 2 aromatic carbocycles. The summed E-state index contributed by atoms with van der Waals surface area (Å²) >= 11 is 7.29. The third kappa shape index (κ3) is 3.01. The van der Waals surface area contributed by atoms with E-state index >= 15 is 0 Å². The number of nitrogens with one attached hydrogen (secondary N) is 1. The van der Waals surface area contributed by atoms with Crippen LogP contribution in [0.1, 0.15) is 26.4 Å². The van der Waals surface area contributed by atoms with Gasteiger partial charge in [0, 0.05) is 16.8 Å². The van der Waals surface area contributed by atoms with Crippen LogP contribution in [0.2, 0.25) is 5.02 Å². The summed E-state index contributed by atoms with van der Waals surface area (Å²) in [5.41, 5.74) is 4.82. The number of halogens is 1. The number of imidazole rings is 1. The van der Waals surface area contributed by atoms with Crippen LogP contribution in [0, 0.1) is 20.8 Å². The van der Waals surface area contributed by atoms with Gasteiger partial charge in [-0.3, -0.25) is 14.0 Å². The maximum atomic E-state index is 12.7. The Labute approximate surface area is 164 Å². The first kappa shape index (κ1) is 17.7. The highest BCUT2D eigenvalue weighted by Crippen LogP contribution is 2.25. The van der Waals surface area contributed by atoms with Crippen molar-refractivity contribution in [2.24, 2.45) is 0 Å². The number of fused-ring (bicyclic) bond motifs is 3. The van der Waals surface area contributed by atoms with Gasteiger partial charge in [0.2, 0.25) is 0 Å². The molecule has 2 heterocycles. The summed E-state index contributed by atoms with van der Waals surface area (Å²) in [6.07, 6.45) is 0. The molecule has 27 heavy (non-hydrogen) atoms. The van der Waals surface area contributed by atoms with E-state index in [1.54, 1.807) is 22.6 Å². The molecule has 0 bridgehead atoms. The fraction of sp³-hybridized carbons (Fsp3) is 0.150. The number of anilines is 1. The van der Waals surface area contributed by atoms with E-state index in [9.17, 15) is 9.59 Å². The standard InChI is InChI=1S/C20H16ClN3O2S/c1-10-7-15-16(8-11(10)2)24-18(25)9-17(27-20(24)23-15)19(26)22-14-6-4-5-13(21)12(14)3/h4-9H,1-3H3,(H,22,26). The van der Waals surface area contributed by atoms with Gasteiger partial charge in [0.15, 0.2) is 4.96 Å². The number of amides is 1. The SMILES string of the molecule is Cc1cc2nc3sc(C(=O)Nc4cccc(Cl)c4C)cc(=O)n3c2cc1C. The van der Waals surface area contributed by atoms with Crippen molar-refractivity contribution < 1.29 is 4.79 Å². The Morgan fingerprint density at radius 3 is 2.67 bits per heavy atom. The van der Waals surface area contributed by atoms with Gasteiger partial charge in [-0.2, -0.15) is 0 Å². The third-order valence-corrected chi connectivity index (χ3v) is 6.04. The first-order valence-corrected chi connectivity index (χ1v) is 9.54. The lowest BCUT2D eigenvalue weighted by atomic mass is 10.1. The van der Waals surface area contributed by atoms with E-state index in [1.165, 1.54) is 17.4 Å². The van der Waals surface area contributed by atoms with Gasteiger partial charge in [-0.15, -0.1) is 0 Å². The monoisotopic (exact) mass is 397 g/mol. The maximum absolute atomic E-state index is 12.7. The topological polar surface area (TPSA) is 63.5 Å². The number of hydrogen-bond acceptors (Lipinski definition) is 4. The zero-order chi connectivity index (χ0) is 19.3. The highest BCUT2D eigenvalue weighted by Gasteiger charge is 2.16. The molecule has 0 aliphatic rings. The molecule has 0 saturated heterocycles. The van der Waals surface area contributed by atoms with E-state index < -0.39 is 0 Å². The number of rotatable bonds is 2. The number of carbonyl (C=O) groups excluding carboxylic acids is 1. The molecule has 2 aromatic heterocycles. The number of carbonyl (C=O) groups is 1. The first-order valence-electron chi connectivity index (χ1n) is 8.35. The molecule has 4 aromatic rings. The average Bonchev–Trinajstić information content (AvgIpc) is 2.97. The van der Waals surface area contributed by atoms with Gasteiger partial charge in [0.05, 0.1) is 11.0 Å². The Hall–Kier alpha value is -2.70. The second-order valence-electron chi connectivity index (χ2n) is 6.47. The Balaban J connectivity index is 1.81. The summed E-state index contributed by atoms with van der Waals surface area (Å²) in [6, 6.07) is 10.6. The van der Waals surface area contributed by atoms with Crippen LogP contribution in [0.25, 0.3) is 16.0 Å². The normalized spacial score (nSPS) is 11.3. The lowest BCUT2D eigenvalue weighted by Crippen LogP contribution is -2.17. The quantitative estimate of drug-likeness (QED) is 0.531. The molecule has 0 radical (unpaired) electrons. The summed E-state index contributed by atoms with van der Waals surface area (Å²) in [5, 5.41) is 3.39. The minimum absolute atomic E-state index is 0.275. The van der Waals surface area contributed by atoms with Crippen molar-refractivity contribution in [1.82, 2.24) is 9.38 Å². The fourth-order valence-corrected chi connectivity index (χ4v) is 4.03. The summed E-state index contributed by atoms with van der Waals surface area (Å²) < 4.78 is 1.55. The number of nitrogens with zero attached hydrogens (tertiary/aromatic N) is 2. The molecule has 0 atom stereocenters. The molecule has 1 amide bonds. The highest BCUT2D eigenvalue weighted by molar-refractivity contribution is 7.18. The maximum Gasteiger partial charge on any atom is 0.266 e. The summed E-state index contributed by atoms with van der Waals surface area (Å²) in [4.78, 5) is 30.7. The van der Waals surface area contributed by atoms with Crippen molar-refractivity contribution >= 4 is 50.5 Å². The Morgan fingerprint density at radius 2 is 1.89 bits per heavy atom. The lowest BCUT2D eigenvalue weighted by molar-refractivity contribution is 0.103. The third-order valence-electron chi connectivity index (χ3n) is 4.66. The van der Waals surface area contributed by atoms with Crippen LogP contribution in [0.3, 0.4) is 0 Å². The molecule has 0 fully saturated rings. The van der Waals surface area contributed by atoms with Crippen molar-refractivity contribution in [1.29, 1.82) is 0 Å². The Bertz CT molecular complexity index is 1290. The van der Waals surface area contributed by atoms with Crippen LogP contribution in [-0.2, 0) is 0 Å². The van der Waals surface area contributed by atoms with Gasteiger partial charge in [-0.05, 0) is 61.7 Å². The minimum Gasteiger partial charge on any atom is -0.321 e. The number of benzene rings is 2. The molecule has 136 valence electrons. The van der Waals surface area contributed by atoms with E-state index in [1.807, 2.05) is 32.9 Å². The summed E-state index contributed by atoms with van der Waals surface area (Å²) in [7, 11) is 0. The van der Waals surface area contributed by atoms with Gasteiger partial charge in [0.25, 0.3) is 11.5 Å². The van der Waals surface area contributed by atoms with Crippen LogP contribution in [0.15, 0.2) is 41.2 Å². The van der Waals surface area contributed by atoms with E-state index in [2.05, 4.69) is 10.3 Å². The predicted octanol–water partition coefficient (Wildman–Crippen LogP) is 4.74. The Kier molecular flexibility index (Phi) is 4.25. The van der Waals surface area contributed by atoms with Crippen molar-refractivity contribution in [3.63, 3.8) is 0 Å². The number of hydrogen-bond donors (Lipinski definition) is 1. The van der Waals surface area contributed by atoms with E-state index in [0.717, 1.165) is 27.7 Å². The van der Waals surface area contributed by atoms with Crippen LogP contribution in [0.4, 0.5) is 5.69 Å². The number of aryl methyl sites for hydroxylation is 2. The van der Waals surface area contributed by atoms with Gasteiger partial charge in [-0.25, -0.2) is 4.98 Å². The van der Waals surface area contributed by atoms with E-state index in [0.29, 0.717) is 20.5 Å². The van der Waals surface area contributed by atoms with Gasteiger partial charge in [-0.1, -0.05) is 29.0 Å². The van der Waals surface area contributed by atoms with Crippen LogP contribution in [-0.4, -0.2) is 15.3 Å². The fourth-order valence-electron chi connectivity index (χ4n) is 2.94. The van der Waals surface area contributed by atoms with Crippen LogP contribution < -0.4 is 10.9 Å².